The van der Waals surface area contributed by atoms with E-state index >= 15 is 0 Å². The molecule has 1 saturated heterocycles. The lowest BCUT2D eigenvalue weighted by atomic mass is 9.85. The van der Waals surface area contributed by atoms with Crippen LogP contribution in [0, 0.1) is 5.92 Å². The molecule has 0 bridgehead atoms. The maximum Gasteiger partial charge on any atom is 0.325 e. The van der Waals surface area contributed by atoms with Gasteiger partial charge in [0.05, 0.1) is 6.04 Å². The lowest BCUT2D eigenvalue weighted by molar-refractivity contribution is -0.137. The molecule has 1 saturated carbocycles. The number of hydrogen-bond acceptors (Lipinski definition) is 3. The fraction of sp³-hybridized carbons (Fsp3) is 0.579. The van der Waals surface area contributed by atoms with E-state index in [4.69, 9.17) is 10.8 Å². The summed E-state index contributed by atoms with van der Waals surface area (Å²) in [5.41, 5.74) is 6.62. The first-order chi connectivity index (χ1) is 12.1. The number of para-hydroxylation sites is 1. The molecular weight excluding hydrogens is 318 g/mol. The number of anilines is 1. The van der Waals surface area contributed by atoms with Crippen LogP contribution in [0.3, 0.4) is 0 Å². The Hall–Kier alpha value is -2.08. The Labute approximate surface area is 148 Å². The number of carbonyl (C=O) groups excluding carboxylic acids is 1. The van der Waals surface area contributed by atoms with Gasteiger partial charge in [0.1, 0.15) is 0 Å². The Morgan fingerprint density at radius 1 is 1.16 bits per heavy atom. The lowest BCUT2D eigenvalue weighted by Crippen LogP contribution is -2.42. The van der Waals surface area contributed by atoms with Gasteiger partial charge in [-0.15, -0.1) is 0 Å². The van der Waals surface area contributed by atoms with Crippen molar-refractivity contribution in [2.75, 3.05) is 18.0 Å². The van der Waals surface area contributed by atoms with E-state index in [9.17, 15) is 9.59 Å². The smallest absolute Gasteiger partial charge is 0.325 e. The Morgan fingerprint density at radius 3 is 2.44 bits per heavy atom. The number of nitrogens with zero attached hydrogens (tertiary/aromatic N) is 2. The Bertz CT molecular complexity index is 599. The molecule has 3 rings (SSSR count). The van der Waals surface area contributed by atoms with Gasteiger partial charge in [0.25, 0.3) is 0 Å². The highest BCUT2D eigenvalue weighted by atomic mass is 16.4. The van der Waals surface area contributed by atoms with Gasteiger partial charge in [-0.05, 0) is 56.7 Å². The van der Waals surface area contributed by atoms with Crippen LogP contribution in [0.25, 0.3) is 0 Å². The second-order valence-electron chi connectivity index (χ2n) is 7.14. The molecular formula is C19H27N3O3. The van der Waals surface area contributed by atoms with Crippen molar-refractivity contribution in [3.05, 3.63) is 30.3 Å². The predicted molar refractivity (Wildman–Crippen MR) is 96.5 cm³/mol. The first-order valence-electron chi connectivity index (χ1n) is 9.17. The van der Waals surface area contributed by atoms with Crippen molar-refractivity contribution >= 4 is 17.7 Å². The highest BCUT2D eigenvalue weighted by Gasteiger charge is 2.42. The zero-order valence-electron chi connectivity index (χ0n) is 14.5. The van der Waals surface area contributed by atoms with Crippen LogP contribution in [0.5, 0.6) is 0 Å². The largest absolute Gasteiger partial charge is 0.481 e. The molecule has 0 spiro atoms. The Kier molecular flexibility index (Phi) is 5.58. The number of aliphatic carboxylic acids is 1. The minimum absolute atomic E-state index is 0.0118. The molecule has 136 valence electrons. The number of carboxylic acids is 1. The van der Waals surface area contributed by atoms with Crippen LogP contribution >= 0.6 is 0 Å². The molecule has 1 aliphatic carbocycles. The molecule has 2 fully saturated rings. The minimum atomic E-state index is -0.817. The second kappa shape index (κ2) is 7.87. The van der Waals surface area contributed by atoms with E-state index in [0.717, 1.165) is 37.9 Å². The summed E-state index contributed by atoms with van der Waals surface area (Å²) >= 11 is 0. The minimum Gasteiger partial charge on any atom is -0.481 e. The summed E-state index contributed by atoms with van der Waals surface area (Å²) in [6.07, 6.45) is 4.66. The van der Waals surface area contributed by atoms with Crippen molar-refractivity contribution in [2.24, 2.45) is 11.7 Å². The molecule has 1 aliphatic heterocycles. The number of hydrogen-bond donors (Lipinski definition) is 2. The maximum absolute atomic E-state index is 13.1. The SMILES string of the molecule is NCC1CCC(N2CC(CCC(=O)O)N(c3ccccc3)C2=O)CC1. The molecule has 6 heteroatoms. The van der Waals surface area contributed by atoms with E-state index in [0.29, 0.717) is 18.9 Å². The normalized spacial score (nSPS) is 26.9. The van der Waals surface area contributed by atoms with Crippen LogP contribution < -0.4 is 10.6 Å². The lowest BCUT2D eigenvalue weighted by Gasteiger charge is -2.34. The summed E-state index contributed by atoms with van der Waals surface area (Å²) in [6.45, 7) is 1.33. The summed E-state index contributed by atoms with van der Waals surface area (Å²) in [5, 5.41) is 9.04. The fourth-order valence-electron chi connectivity index (χ4n) is 4.10. The third-order valence-corrected chi connectivity index (χ3v) is 5.54. The molecule has 1 aromatic rings. The quantitative estimate of drug-likeness (QED) is 0.830. The van der Waals surface area contributed by atoms with Gasteiger partial charge in [-0.3, -0.25) is 9.69 Å². The van der Waals surface area contributed by atoms with Crippen LogP contribution in [0.2, 0.25) is 0 Å². The number of rotatable bonds is 6. The van der Waals surface area contributed by atoms with Gasteiger partial charge in [0.15, 0.2) is 0 Å². The number of nitrogens with two attached hydrogens (primary N) is 1. The van der Waals surface area contributed by atoms with E-state index in [1.807, 2.05) is 35.2 Å². The van der Waals surface area contributed by atoms with Crippen LogP contribution in [-0.4, -0.2) is 47.2 Å². The average Bonchev–Trinajstić information content (AvgIpc) is 2.97. The summed E-state index contributed by atoms with van der Waals surface area (Å²) in [4.78, 5) is 27.8. The summed E-state index contributed by atoms with van der Waals surface area (Å²) in [5.74, 6) is -0.246. The molecule has 1 heterocycles. The number of carboxylic acid groups (broad SMARTS) is 1. The van der Waals surface area contributed by atoms with Gasteiger partial charge in [-0.2, -0.15) is 0 Å². The number of amides is 2. The summed E-state index contributed by atoms with van der Waals surface area (Å²) in [6, 6.07) is 9.74. The summed E-state index contributed by atoms with van der Waals surface area (Å²) in [7, 11) is 0. The molecule has 0 aromatic heterocycles. The molecule has 2 amide bonds. The standard InChI is InChI=1S/C19H27N3O3/c20-12-14-6-8-15(9-7-14)21-13-17(10-11-18(23)24)22(19(21)25)16-4-2-1-3-5-16/h1-5,14-15,17H,6-13,20H2,(H,23,24). The fourth-order valence-corrected chi connectivity index (χ4v) is 4.10. The second-order valence-corrected chi connectivity index (χ2v) is 7.14. The first-order valence-corrected chi connectivity index (χ1v) is 9.17. The highest BCUT2D eigenvalue weighted by Crippen LogP contribution is 2.33. The molecule has 2 aliphatic rings. The van der Waals surface area contributed by atoms with Crippen LogP contribution in [0.15, 0.2) is 30.3 Å². The third-order valence-electron chi connectivity index (χ3n) is 5.54. The number of urea groups is 1. The predicted octanol–water partition coefficient (Wildman–Crippen LogP) is 2.68. The van der Waals surface area contributed by atoms with E-state index in [2.05, 4.69) is 0 Å². The van der Waals surface area contributed by atoms with E-state index in [1.165, 1.54) is 0 Å². The van der Waals surface area contributed by atoms with E-state index in [1.54, 1.807) is 4.90 Å². The van der Waals surface area contributed by atoms with Crippen molar-refractivity contribution in [1.29, 1.82) is 0 Å². The monoisotopic (exact) mass is 345 g/mol. The summed E-state index contributed by atoms with van der Waals surface area (Å²) < 4.78 is 0. The van der Waals surface area contributed by atoms with Crippen molar-refractivity contribution in [1.82, 2.24) is 4.90 Å². The molecule has 6 nitrogen and oxygen atoms in total. The van der Waals surface area contributed by atoms with Gasteiger partial charge >= 0.3 is 12.0 Å². The average molecular weight is 345 g/mol. The van der Waals surface area contributed by atoms with Crippen molar-refractivity contribution < 1.29 is 14.7 Å². The molecule has 1 unspecified atom stereocenters. The maximum atomic E-state index is 13.1. The van der Waals surface area contributed by atoms with Gasteiger partial charge < -0.3 is 15.7 Å². The topological polar surface area (TPSA) is 86.9 Å². The zero-order valence-corrected chi connectivity index (χ0v) is 14.5. The van der Waals surface area contributed by atoms with Crippen molar-refractivity contribution in [2.45, 2.75) is 50.6 Å². The molecule has 3 N–H and O–H groups in total. The first kappa shape index (κ1) is 17.7. The van der Waals surface area contributed by atoms with Gasteiger partial charge in [-0.1, -0.05) is 18.2 Å². The number of benzene rings is 1. The van der Waals surface area contributed by atoms with E-state index in [-0.39, 0.29) is 24.5 Å². The van der Waals surface area contributed by atoms with Crippen molar-refractivity contribution in [3.63, 3.8) is 0 Å². The zero-order chi connectivity index (χ0) is 17.8. The van der Waals surface area contributed by atoms with Crippen LogP contribution in [0.4, 0.5) is 10.5 Å². The van der Waals surface area contributed by atoms with Gasteiger partial charge in [-0.25, -0.2) is 4.79 Å². The molecule has 0 radical (unpaired) electrons. The molecule has 1 aromatic carbocycles. The Balaban J connectivity index is 1.75. The van der Waals surface area contributed by atoms with Gasteiger partial charge in [0, 0.05) is 24.7 Å². The molecule has 1 atom stereocenters. The van der Waals surface area contributed by atoms with Crippen LogP contribution in [0.1, 0.15) is 38.5 Å². The molecule has 25 heavy (non-hydrogen) atoms. The third kappa shape index (κ3) is 3.95. The van der Waals surface area contributed by atoms with Gasteiger partial charge in [0.2, 0.25) is 0 Å². The van der Waals surface area contributed by atoms with Crippen molar-refractivity contribution in [3.8, 4) is 0 Å². The van der Waals surface area contributed by atoms with E-state index < -0.39 is 5.97 Å². The number of carbonyl (C=O) groups is 2. The van der Waals surface area contributed by atoms with Crippen LogP contribution in [-0.2, 0) is 4.79 Å². The Morgan fingerprint density at radius 2 is 1.84 bits per heavy atom. The highest BCUT2D eigenvalue weighted by molar-refractivity contribution is 5.95.